The number of amides is 1. The number of anilines is 1. The first-order valence-electron chi connectivity index (χ1n) is 11.0. The number of ether oxygens (including phenoxy) is 2. The smallest absolute Gasteiger partial charge is 0.410 e. The number of carbonyl (C=O) groups is 1. The van der Waals surface area contributed by atoms with Crippen LogP contribution in [0.25, 0.3) is 0 Å². The number of rotatable bonds is 5. The van der Waals surface area contributed by atoms with Crippen LogP contribution in [0.2, 0.25) is 0 Å². The van der Waals surface area contributed by atoms with Crippen LogP contribution in [0.1, 0.15) is 32.3 Å². The number of dihydropyridines is 1. The topological polar surface area (TPSA) is 88.2 Å². The molecule has 1 aromatic rings. The van der Waals surface area contributed by atoms with Crippen LogP contribution in [0.4, 0.5) is 10.5 Å². The molecule has 0 bridgehead atoms. The van der Waals surface area contributed by atoms with Gasteiger partial charge in [0.15, 0.2) is 9.84 Å². The standard InChI is InChI=1S/C23H31N3O5S/c1-17(2)30-22(27)25-13-9-19(10-14-25)31-23(11-4-5-12-24-23)26-15-8-18-16-20(32(3,28)29)6-7-21(18)26/h4-7,11-12,16-17,19,24H,8-10,13-15H2,1-3H3. The van der Waals surface area contributed by atoms with Crippen LogP contribution in [-0.2, 0) is 25.7 Å². The lowest BCUT2D eigenvalue weighted by Gasteiger charge is -2.45. The maximum absolute atomic E-state index is 12.2. The number of nitrogens with zero attached hydrogens (tertiary/aromatic N) is 2. The summed E-state index contributed by atoms with van der Waals surface area (Å²) in [5.41, 5.74) is 1.95. The van der Waals surface area contributed by atoms with Crippen molar-refractivity contribution in [3.63, 3.8) is 0 Å². The number of piperidine rings is 1. The Morgan fingerprint density at radius 3 is 2.56 bits per heavy atom. The maximum atomic E-state index is 12.2. The molecule has 1 aromatic carbocycles. The van der Waals surface area contributed by atoms with Gasteiger partial charge in [-0.15, -0.1) is 0 Å². The van der Waals surface area contributed by atoms with E-state index in [0.29, 0.717) is 37.4 Å². The third-order valence-corrected chi connectivity index (χ3v) is 7.09. The van der Waals surface area contributed by atoms with Gasteiger partial charge in [-0.3, -0.25) is 0 Å². The Morgan fingerprint density at radius 2 is 1.94 bits per heavy atom. The molecule has 8 nitrogen and oxygen atoms in total. The predicted octanol–water partition coefficient (Wildman–Crippen LogP) is 2.81. The van der Waals surface area contributed by atoms with Crippen LogP contribution in [0, 0.1) is 0 Å². The number of sulfone groups is 1. The summed E-state index contributed by atoms with van der Waals surface area (Å²) in [6.45, 7) is 5.56. The Labute approximate surface area is 189 Å². The highest BCUT2D eigenvalue weighted by atomic mass is 32.2. The van der Waals surface area contributed by atoms with Gasteiger partial charge in [0.2, 0.25) is 5.85 Å². The van der Waals surface area contributed by atoms with E-state index in [0.717, 1.165) is 17.7 Å². The number of hydrogen-bond acceptors (Lipinski definition) is 7. The second kappa shape index (κ2) is 8.78. The highest BCUT2D eigenvalue weighted by Gasteiger charge is 2.42. The van der Waals surface area contributed by atoms with Gasteiger partial charge < -0.3 is 24.6 Å². The Hall–Kier alpha value is -2.52. The number of benzene rings is 1. The van der Waals surface area contributed by atoms with Crippen LogP contribution in [0.5, 0.6) is 0 Å². The molecule has 1 fully saturated rings. The van der Waals surface area contributed by atoms with Crippen molar-refractivity contribution in [1.82, 2.24) is 10.2 Å². The molecule has 1 N–H and O–H groups in total. The molecule has 4 rings (SSSR count). The Balaban J connectivity index is 1.50. The molecule has 0 saturated carbocycles. The molecule has 32 heavy (non-hydrogen) atoms. The minimum Gasteiger partial charge on any atom is -0.447 e. The SMILES string of the molecule is CC(C)OC(=O)N1CCC(OC2(N3CCc4cc(S(C)(=O)=O)ccc43)C=CC=CN2)CC1. The van der Waals surface area contributed by atoms with E-state index in [9.17, 15) is 13.2 Å². The van der Waals surface area contributed by atoms with Crippen molar-refractivity contribution in [2.45, 2.75) is 56.1 Å². The summed E-state index contributed by atoms with van der Waals surface area (Å²) in [7, 11) is -3.26. The molecule has 9 heteroatoms. The average molecular weight is 462 g/mol. The minimum absolute atomic E-state index is 0.0407. The molecule has 0 aliphatic carbocycles. The van der Waals surface area contributed by atoms with Gasteiger partial charge in [-0.25, -0.2) is 13.2 Å². The Kier molecular flexibility index (Phi) is 6.22. The highest BCUT2D eigenvalue weighted by molar-refractivity contribution is 7.90. The fourth-order valence-electron chi connectivity index (χ4n) is 4.40. The third-order valence-electron chi connectivity index (χ3n) is 5.98. The number of allylic oxidation sites excluding steroid dienone is 2. The second-order valence-corrected chi connectivity index (χ2v) is 10.8. The van der Waals surface area contributed by atoms with Crippen molar-refractivity contribution in [3.8, 4) is 0 Å². The average Bonchev–Trinajstić information content (AvgIpc) is 3.18. The Morgan fingerprint density at radius 1 is 1.19 bits per heavy atom. The minimum atomic E-state index is -3.26. The van der Waals surface area contributed by atoms with Crippen molar-refractivity contribution in [3.05, 3.63) is 48.2 Å². The van der Waals surface area contributed by atoms with Crippen molar-refractivity contribution in [2.24, 2.45) is 0 Å². The molecule has 0 aromatic heterocycles. The summed E-state index contributed by atoms with van der Waals surface area (Å²) >= 11 is 0. The van der Waals surface area contributed by atoms with Gasteiger partial charge in [-0.1, -0.05) is 6.08 Å². The first-order valence-corrected chi connectivity index (χ1v) is 12.9. The number of fused-ring (bicyclic) bond motifs is 1. The van der Waals surface area contributed by atoms with Gasteiger partial charge in [-0.2, -0.15) is 0 Å². The van der Waals surface area contributed by atoms with Crippen molar-refractivity contribution >= 4 is 21.6 Å². The molecular formula is C23H31N3O5S. The summed E-state index contributed by atoms with van der Waals surface area (Å²) in [5, 5.41) is 3.38. The lowest BCUT2D eigenvalue weighted by molar-refractivity contribution is -0.0960. The number of likely N-dealkylation sites (tertiary alicyclic amines) is 1. The number of nitrogens with one attached hydrogen (secondary N) is 1. The van der Waals surface area contributed by atoms with Crippen LogP contribution in [-0.4, -0.2) is 63.4 Å². The largest absolute Gasteiger partial charge is 0.447 e. The molecule has 3 aliphatic heterocycles. The van der Waals surface area contributed by atoms with E-state index >= 15 is 0 Å². The molecule has 3 aliphatic rings. The molecule has 0 spiro atoms. The maximum Gasteiger partial charge on any atom is 0.410 e. The van der Waals surface area contributed by atoms with Crippen LogP contribution >= 0.6 is 0 Å². The fraction of sp³-hybridized carbons (Fsp3) is 0.522. The summed E-state index contributed by atoms with van der Waals surface area (Å²) in [5.74, 6) is -0.863. The van der Waals surface area contributed by atoms with E-state index in [-0.39, 0.29) is 18.3 Å². The second-order valence-electron chi connectivity index (χ2n) is 8.76. The summed E-state index contributed by atoms with van der Waals surface area (Å²) in [6.07, 6.45) is 10.6. The van der Waals surface area contributed by atoms with Gasteiger partial charge >= 0.3 is 6.09 Å². The third kappa shape index (κ3) is 4.63. The summed E-state index contributed by atoms with van der Waals surface area (Å²) in [4.78, 5) is 16.4. The van der Waals surface area contributed by atoms with E-state index < -0.39 is 15.7 Å². The Bertz CT molecular complexity index is 1030. The van der Waals surface area contributed by atoms with Crippen LogP contribution < -0.4 is 10.2 Å². The van der Waals surface area contributed by atoms with Crippen LogP contribution in [0.3, 0.4) is 0 Å². The molecule has 1 amide bonds. The molecule has 1 unspecified atom stereocenters. The fourth-order valence-corrected chi connectivity index (χ4v) is 5.07. The quantitative estimate of drug-likeness (QED) is 0.721. The number of hydrogen-bond donors (Lipinski definition) is 1. The highest BCUT2D eigenvalue weighted by Crippen LogP contribution is 2.37. The van der Waals surface area contributed by atoms with E-state index in [1.807, 2.05) is 44.3 Å². The predicted molar refractivity (Wildman–Crippen MR) is 122 cm³/mol. The molecule has 3 heterocycles. The van der Waals surface area contributed by atoms with Gasteiger partial charge in [0, 0.05) is 37.8 Å². The van der Waals surface area contributed by atoms with Crippen molar-refractivity contribution < 1.29 is 22.7 Å². The van der Waals surface area contributed by atoms with Crippen LogP contribution in [0.15, 0.2) is 47.5 Å². The molecule has 0 radical (unpaired) electrons. The zero-order valence-corrected chi connectivity index (χ0v) is 19.6. The molecule has 1 saturated heterocycles. The van der Waals surface area contributed by atoms with Crippen molar-refractivity contribution in [2.75, 3.05) is 30.8 Å². The lowest BCUT2D eigenvalue weighted by atomic mass is 10.1. The normalized spacial score (nSPS) is 23.4. The van der Waals surface area contributed by atoms with Gasteiger partial charge in [0.05, 0.1) is 17.1 Å². The first kappa shape index (κ1) is 22.7. The van der Waals surface area contributed by atoms with E-state index in [1.54, 1.807) is 17.0 Å². The monoisotopic (exact) mass is 461 g/mol. The van der Waals surface area contributed by atoms with E-state index in [1.165, 1.54) is 6.26 Å². The van der Waals surface area contributed by atoms with E-state index in [2.05, 4.69) is 10.2 Å². The summed E-state index contributed by atoms with van der Waals surface area (Å²) in [6, 6.07) is 5.28. The van der Waals surface area contributed by atoms with Gasteiger partial charge in [0.1, 0.15) is 0 Å². The molecule has 1 atom stereocenters. The summed E-state index contributed by atoms with van der Waals surface area (Å²) < 4.78 is 35.9. The molecule has 174 valence electrons. The zero-order chi connectivity index (χ0) is 22.9. The zero-order valence-electron chi connectivity index (χ0n) is 18.8. The van der Waals surface area contributed by atoms with Crippen molar-refractivity contribution in [1.29, 1.82) is 0 Å². The lowest BCUT2D eigenvalue weighted by Crippen LogP contribution is -2.60. The number of carbonyl (C=O) groups excluding carboxylic acids is 1. The van der Waals surface area contributed by atoms with E-state index in [4.69, 9.17) is 9.47 Å². The first-order chi connectivity index (χ1) is 15.2. The molecular weight excluding hydrogens is 430 g/mol. The van der Waals surface area contributed by atoms with Gasteiger partial charge in [-0.05, 0) is 69.0 Å². The van der Waals surface area contributed by atoms with Gasteiger partial charge in [0.25, 0.3) is 0 Å².